The average Bonchev–Trinajstić information content (AvgIpc) is 2.78. The highest BCUT2D eigenvalue weighted by Gasteiger charge is 2.33. The minimum atomic E-state index is -0.526. The molecule has 1 aliphatic rings. The lowest BCUT2D eigenvalue weighted by Gasteiger charge is -2.31. The van der Waals surface area contributed by atoms with Crippen LogP contribution < -0.4 is 9.64 Å². The van der Waals surface area contributed by atoms with Crippen molar-refractivity contribution in [3.8, 4) is 11.6 Å². The molecule has 9 heteroatoms. The van der Waals surface area contributed by atoms with Crippen LogP contribution in [0.2, 0.25) is 0 Å². The molecule has 0 amide bonds. The van der Waals surface area contributed by atoms with Crippen LogP contribution in [0, 0.1) is 16.0 Å². The monoisotopic (exact) mass is 408 g/mol. The van der Waals surface area contributed by atoms with Gasteiger partial charge in [-0.1, -0.05) is 36.4 Å². The highest BCUT2D eigenvalue weighted by Crippen LogP contribution is 2.39. The van der Waals surface area contributed by atoms with Gasteiger partial charge in [0, 0.05) is 18.5 Å². The maximum atomic E-state index is 11.9. The van der Waals surface area contributed by atoms with Gasteiger partial charge in [-0.3, -0.25) is 14.9 Å². The van der Waals surface area contributed by atoms with E-state index < -0.39 is 4.92 Å². The number of anilines is 1. The predicted octanol–water partition coefficient (Wildman–Crippen LogP) is 3.72. The van der Waals surface area contributed by atoms with Gasteiger partial charge in [0.25, 0.3) is 0 Å². The Hall–Kier alpha value is -3.75. The third-order valence-electron chi connectivity index (χ3n) is 5.24. The number of rotatable bonds is 5. The standard InChI is InChI=1S/C21H20N4O5/c1-29-21(26)15-9-11-24(12-10-15)19-18(25(27)28)20(23-13-22-19)30-17-8-4-6-14-5-2-3-7-16(14)17/h2-8,13,15H,9-12H2,1H3. The summed E-state index contributed by atoms with van der Waals surface area (Å²) in [6, 6.07) is 13.1. The molecule has 154 valence electrons. The topological polar surface area (TPSA) is 108 Å². The quantitative estimate of drug-likeness (QED) is 0.357. The number of nitrogens with zero attached hydrogens (tertiary/aromatic N) is 4. The number of benzene rings is 2. The number of ether oxygens (including phenoxy) is 2. The number of hydrogen-bond donors (Lipinski definition) is 0. The average molecular weight is 408 g/mol. The number of fused-ring (bicyclic) bond motifs is 1. The first kappa shape index (κ1) is 19.6. The van der Waals surface area contributed by atoms with Crippen LogP contribution in [0.25, 0.3) is 10.8 Å². The van der Waals surface area contributed by atoms with Crippen LogP contribution in [0.1, 0.15) is 12.8 Å². The van der Waals surface area contributed by atoms with Gasteiger partial charge in [0.2, 0.25) is 5.82 Å². The molecule has 0 saturated carbocycles. The molecule has 0 radical (unpaired) electrons. The lowest BCUT2D eigenvalue weighted by molar-refractivity contribution is -0.385. The molecule has 30 heavy (non-hydrogen) atoms. The van der Waals surface area contributed by atoms with Gasteiger partial charge in [0.1, 0.15) is 12.1 Å². The van der Waals surface area contributed by atoms with Gasteiger partial charge in [0.15, 0.2) is 0 Å². The molecule has 1 fully saturated rings. The maximum absolute atomic E-state index is 11.9. The number of carbonyl (C=O) groups excluding carboxylic acids is 1. The van der Waals surface area contributed by atoms with Gasteiger partial charge < -0.3 is 14.4 Å². The minimum Gasteiger partial charge on any atom is -0.469 e. The van der Waals surface area contributed by atoms with Crippen molar-refractivity contribution in [3.05, 3.63) is 58.9 Å². The van der Waals surface area contributed by atoms with Crippen molar-refractivity contribution >= 4 is 28.2 Å². The van der Waals surface area contributed by atoms with E-state index in [2.05, 4.69) is 9.97 Å². The normalized spacial score (nSPS) is 14.5. The Morgan fingerprint density at radius 2 is 1.87 bits per heavy atom. The zero-order valence-corrected chi connectivity index (χ0v) is 16.4. The summed E-state index contributed by atoms with van der Waals surface area (Å²) in [4.78, 5) is 33.1. The van der Waals surface area contributed by atoms with Gasteiger partial charge in [-0.25, -0.2) is 4.98 Å². The molecule has 1 saturated heterocycles. The van der Waals surface area contributed by atoms with E-state index in [1.54, 1.807) is 11.0 Å². The van der Waals surface area contributed by atoms with Gasteiger partial charge in [-0.15, -0.1) is 0 Å². The number of aromatic nitrogens is 2. The molecule has 4 rings (SSSR count). The van der Waals surface area contributed by atoms with E-state index in [4.69, 9.17) is 9.47 Å². The Balaban J connectivity index is 1.66. The van der Waals surface area contributed by atoms with E-state index >= 15 is 0 Å². The molecule has 9 nitrogen and oxygen atoms in total. The number of methoxy groups -OCH3 is 1. The molecule has 2 aromatic carbocycles. The Bertz CT molecular complexity index is 1090. The molecule has 1 aromatic heterocycles. The first-order valence-corrected chi connectivity index (χ1v) is 9.56. The zero-order valence-electron chi connectivity index (χ0n) is 16.4. The molecule has 0 unspecified atom stereocenters. The second kappa shape index (κ2) is 8.32. The Labute approximate surface area is 172 Å². The highest BCUT2D eigenvalue weighted by atomic mass is 16.6. The van der Waals surface area contributed by atoms with E-state index in [1.165, 1.54) is 13.4 Å². The van der Waals surface area contributed by atoms with Gasteiger partial charge in [0.05, 0.1) is 18.0 Å². The van der Waals surface area contributed by atoms with Crippen LogP contribution in [0.4, 0.5) is 11.5 Å². The Kier molecular flexibility index (Phi) is 5.42. The van der Waals surface area contributed by atoms with Crippen LogP contribution in [-0.2, 0) is 9.53 Å². The van der Waals surface area contributed by atoms with Crippen molar-refractivity contribution < 1.29 is 19.2 Å². The predicted molar refractivity (Wildman–Crippen MR) is 110 cm³/mol. The van der Waals surface area contributed by atoms with E-state index in [-0.39, 0.29) is 29.3 Å². The van der Waals surface area contributed by atoms with Crippen LogP contribution in [0.15, 0.2) is 48.8 Å². The fraction of sp³-hybridized carbons (Fsp3) is 0.286. The van der Waals surface area contributed by atoms with Crippen molar-refractivity contribution in [1.29, 1.82) is 0 Å². The SMILES string of the molecule is COC(=O)C1CCN(c2ncnc(Oc3cccc4ccccc34)c2[N+](=O)[O-])CC1. The number of carbonyl (C=O) groups is 1. The van der Waals surface area contributed by atoms with E-state index in [1.807, 2.05) is 36.4 Å². The first-order valence-electron chi connectivity index (χ1n) is 9.56. The van der Waals surface area contributed by atoms with E-state index in [0.717, 1.165) is 10.8 Å². The van der Waals surface area contributed by atoms with Crippen molar-refractivity contribution in [2.24, 2.45) is 5.92 Å². The number of esters is 1. The number of piperidine rings is 1. The lowest BCUT2D eigenvalue weighted by Crippen LogP contribution is -2.37. The molecule has 0 bridgehead atoms. The number of nitro groups is 1. The summed E-state index contributed by atoms with van der Waals surface area (Å²) in [5.74, 6) is 0.0839. The molecule has 2 heterocycles. The molecule has 0 aliphatic carbocycles. The molecule has 3 aromatic rings. The third kappa shape index (κ3) is 3.73. The summed E-state index contributed by atoms with van der Waals surface area (Å²) in [6.45, 7) is 0.899. The summed E-state index contributed by atoms with van der Waals surface area (Å²) in [5.41, 5.74) is -0.290. The molecule has 0 N–H and O–H groups in total. The minimum absolute atomic E-state index is 0.114. The Morgan fingerprint density at radius 1 is 1.13 bits per heavy atom. The van der Waals surface area contributed by atoms with Crippen molar-refractivity contribution in [2.45, 2.75) is 12.8 Å². The second-order valence-electron chi connectivity index (χ2n) is 6.97. The van der Waals surface area contributed by atoms with Crippen LogP contribution in [0.3, 0.4) is 0 Å². The number of hydrogen-bond acceptors (Lipinski definition) is 8. The summed E-state index contributed by atoms with van der Waals surface area (Å²) in [5, 5.41) is 13.7. The Morgan fingerprint density at radius 3 is 2.60 bits per heavy atom. The fourth-order valence-electron chi connectivity index (χ4n) is 3.70. The zero-order chi connectivity index (χ0) is 21.1. The summed E-state index contributed by atoms with van der Waals surface area (Å²) < 4.78 is 10.7. The summed E-state index contributed by atoms with van der Waals surface area (Å²) in [7, 11) is 1.36. The smallest absolute Gasteiger partial charge is 0.373 e. The first-order chi connectivity index (χ1) is 14.6. The van der Waals surface area contributed by atoms with Gasteiger partial charge in [-0.2, -0.15) is 4.98 Å². The lowest BCUT2D eigenvalue weighted by atomic mass is 9.97. The van der Waals surface area contributed by atoms with Crippen LogP contribution in [0.5, 0.6) is 11.6 Å². The molecular weight excluding hydrogens is 388 g/mol. The van der Waals surface area contributed by atoms with E-state index in [9.17, 15) is 14.9 Å². The van der Waals surface area contributed by atoms with Gasteiger partial charge >= 0.3 is 17.5 Å². The van der Waals surface area contributed by atoms with Crippen LogP contribution >= 0.6 is 0 Å². The van der Waals surface area contributed by atoms with Crippen molar-refractivity contribution in [3.63, 3.8) is 0 Å². The van der Waals surface area contributed by atoms with Gasteiger partial charge in [-0.05, 0) is 24.3 Å². The highest BCUT2D eigenvalue weighted by molar-refractivity contribution is 5.88. The molecule has 1 aliphatic heterocycles. The van der Waals surface area contributed by atoms with Crippen LogP contribution in [-0.4, -0.2) is 41.1 Å². The van der Waals surface area contributed by atoms with Crippen molar-refractivity contribution in [1.82, 2.24) is 9.97 Å². The molecular formula is C21H20N4O5. The van der Waals surface area contributed by atoms with Crippen molar-refractivity contribution in [2.75, 3.05) is 25.1 Å². The molecule has 0 spiro atoms. The summed E-state index contributed by atoms with van der Waals surface area (Å²) >= 11 is 0. The second-order valence-corrected chi connectivity index (χ2v) is 6.97. The van der Waals surface area contributed by atoms with E-state index in [0.29, 0.717) is 31.7 Å². The largest absolute Gasteiger partial charge is 0.469 e. The fourth-order valence-corrected chi connectivity index (χ4v) is 3.70. The maximum Gasteiger partial charge on any atom is 0.373 e. The summed E-state index contributed by atoms with van der Waals surface area (Å²) in [6.07, 6.45) is 2.33. The third-order valence-corrected chi connectivity index (χ3v) is 5.24. The molecule has 0 atom stereocenters.